The number of rotatable bonds is 3. The molecule has 2 saturated carbocycles. The molecule has 3 rings (SSSR count). The van der Waals surface area contributed by atoms with Crippen molar-refractivity contribution < 1.29 is 14.6 Å². The molecule has 0 aliphatic heterocycles. The van der Waals surface area contributed by atoms with Crippen LogP contribution < -0.4 is 10.5 Å². The summed E-state index contributed by atoms with van der Waals surface area (Å²) in [5, 5.41) is 10.0. The second-order valence-electron chi connectivity index (χ2n) is 9.42. The van der Waals surface area contributed by atoms with Gasteiger partial charge in [-0.25, -0.2) is 0 Å². The molecule has 0 amide bonds. The first-order valence-electron chi connectivity index (χ1n) is 9.78. The summed E-state index contributed by atoms with van der Waals surface area (Å²) in [6.07, 6.45) is 4.38. The Kier molecular flexibility index (Phi) is 4.85. The summed E-state index contributed by atoms with van der Waals surface area (Å²) >= 11 is 0. The smallest absolute Gasteiger partial charge is 0.167 e. The molecule has 0 radical (unpaired) electrons. The fourth-order valence-corrected chi connectivity index (χ4v) is 6.02. The average Bonchev–Trinajstić information content (AvgIpc) is 2.56. The zero-order valence-electron chi connectivity index (χ0n) is 16.7. The third-order valence-electron chi connectivity index (χ3n) is 7.39. The number of nitrogens with two attached hydrogens (primary N) is 1. The van der Waals surface area contributed by atoms with Crippen molar-refractivity contribution in [2.75, 3.05) is 7.11 Å². The van der Waals surface area contributed by atoms with Gasteiger partial charge in [0.25, 0.3) is 0 Å². The second kappa shape index (κ2) is 6.56. The number of phenolic OH excluding ortho intramolecular Hbond substituents is 1. The third kappa shape index (κ3) is 3.02. The van der Waals surface area contributed by atoms with Crippen LogP contribution in [-0.2, 0) is 0 Å². The van der Waals surface area contributed by atoms with Gasteiger partial charge in [0, 0.05) is 23.6 Å². The van der Waals surface area contributed by atoms with E-state index in [1.54, 1.807) is 19.2 Å². The minimum absolute atomic E-state index is 0.0265. The molecule has 0 saturated heterocycles. The molecule has 2 aliphatic rings. The summed E-state index contributed by atoms with van der Waals surface area (Å²) in [7, 11) is 1.54. The van der Waals surface area contributed by atoms with Crippen LogP contribution in [-0.4, -0.2) is 24.0 Å². The molecule has 3 N–H and O–H groups in total. The van der Waals surface area contributed by atoms with E-state index in [2.05, 4.69) is 27.7 Å². The largest absolute Gasteiger partial charge is 0.508 e. The van der Waals surface area contributed by atoms with E-state index in [1.807, 2.05) is 0 Å². The van der Waals surface area contributed by atoms with E-state index in [9.17, 15) is 9.90 Å². The van der Waals surface area contributed by atoms with Gasteiger partial charge in [-0.1, -0.05) is 34.1 Å². The Balaban J connectivity index is 2.05. The van der Waals surface area contributed by atoms with Crippen molar-refractivity contribution in [3.63, 3.8) is 0 Å². The van der Waals surface area contributed by atoms with Gasteiger partial charge in [0.2, 0.25) is 0 Å². The average molecular weight is 360 g/mol. The normalized spacial score (nSPS) is 36.2. The lowest BCUT2D eigenvalue weighted by Gasteiger charge is -2.60. The molecule has 4 nitrogen and oxygen atoms in total. The van der Waals surface area contributed by atoms with E-state index >= 15 is 0 Å². The van der Waals surface area contributed by atoms with E-state index in [1.165, 1.54) is 12.5 Å². The number of ketones is 1. The fraction of sp³-hybridized carbons (Fsp3) is 0.682. The van der Waals surface area contributed by atoms with Crippen molar-refractivity contribution in [1.82, 2.24) is 0 Å². The molecule has 2 fully saturated rings. The molecule has 26 heavy (non-hydrogen) atoms. The topological polar surface area (TPSA) is 72.5 Å². The van der Waals surface area contributed by atoms with E-state index in [0.29, 0.717) is 17.2 Å². The molecular formula is C22H33NO3. The van der Waals surface area contributed by atoms with Crippen molar-refractivity contribution in [2.45, 2.75) is 59.4 Å². The van der Waals surface area contributed by atoms with Crippen molar-refractivity contribution in [3.8, 4) is 11.5 Å². The van der Waals surface area contributed by atoms with Crippen molar-refractivity contribution in [1.29, 1.82) is 0 Å². The Morgan fingerprint density at radius 3 is 2.58 bits per heavy atom. The van der Waals surface area contributed by atoms with Gasteiger partial charge in [-0.05, 0) is 54.1 Å². The van der Waals surface area contributed by atoms with Gasteiger partial charge < -0.3 is 15.6 Å². The van der Waals surface area contributed by atoms with E-state index in [0.717, 1.165) is 19.3 Å². The summed E-state index contributed by atoms with van der Waals surface area (Å²) < 4.78 is 5.25. The first-order chi connectivity index (χ1) is 12.1. The minimum atomic E-state index is -0.137. The van der Waals surface area contributed by atoms with Crippen LogP contribution >= 0.6 is 0 Å². The number of ether oxygens (including phenoxy) is 1. The second-order valence-corrected chi connectivity index (χ2v) is 9.42. The molecule has 1 aromatic carbocycles. The Labute approximate surface area is 157 Å². The van der Waals surface area contributed by atoms with E-state index in [-0.39, 0.29) is 40.2 Å². The van der Waals surface area contributed by atoms with Crippen LogP contribution in [0.5, 0.6) is 11.5 Å². The fourth-order valence-electron chi connectivity index (χ4n) is 6.02. The number of carbonyl (C=O) groups excluding carboxylic acids is 1. The molecule has 4 heteroatoms. The highest BCUT2D eigenvalue weighted by Crippen LogP contribution is 2.61. The predicted octanol–water partition coefficient (Wildman–Crippen LogP) is 4.40. The number of carbonyl (C=O) groups is 1. The summed E-state index contributed by atoms with van der Waals surface area (Å²) in [6, 6.07) is 4.85. The van der Waals surface area contributed by atoms with Crippen LogP contribution in [0, 0.1) is 28.6 Å². The maximum Gasteiger partial charge on any atom is 0.167 e. The monoisotopic (exact) mass is 359 g/mol. The van der Waals surface area contributed by atoms with Crippen LogP contribution in [0.4, 0.5) is 0 Å². The standard InChI is InChI=1S/C22H33NO3/c1-13-17(23)12-18-21(2,3)7-6-8-22(18,4)19(13)20(25)14-9-15(24)11-16(10-14)26-5/h9-11,13,17-19,24H,6-8,12,23H2,1-5H3/t13-,17-,18+,19-,22+/m1/s1. The lowest BCUT2D eigenvalue weighted by atomic mass is 9.45. The minimum Gasteiger partial charge on any atom is -0.508 e. The molecule has 0 heterocycles. The zero-order chi connectivity index (χ0) is 19.3. The number of aromatic hydroxyl groups is 1. The highest BCUT2D eigenvalue weighted by molar-refractivity contribution is 5.99. The number of Topliss-reactive ketones (excluding diaryl/α,β-unsaturated/α-hetero) is 1. The van der Waals surface area contributed by atoms with Gasteiger partial charge in [0.1, 0.15) is 11.5 Å². The number of methoxy groups -OCH3 is 1. The highest BCUT2D eigenvalue weighted by Gasteiger charge is 2.57. The zero-order valence-corrected chi connectivity index (χ0v) is 16.7. The van der Waals surface area contributed by atoms with E-state index < -0.39 is 0 Å². The van der Waals surface area contributed by atoms with Gasteiger partial charge in [0.05, 0.1) is 7.11 Å². The molecule has 2 aliphatic carbocycles. The SMILES string of the molecule is COc1cc(O)cc(C(=O)[C@H]2[C@H](C)[C@H](N)C[C@H]3C(C)(C)CCC[C@]23C)c1. The lowest BCUT2D eigenvalue weighted by molar-refractivity contribution is -0.0865. The quantitative estimate of drug-likeness (QED) is 0.785. The molecular weight excluding hydrogens is 326 g/mol. The number of benzene rings is 1. The van der Waals surface area contributed by atoms with Gasteiger partial charge in [0.15, 0.2) is 5.78 Å². The Hall–Kier alpha value is -1.55. The molecule has 0 unspecified atom stereocenters. The molecule has 1 aromatic rings. The van der Waals surface area contributed by atoms with Crippen molar-refractivity contribution in [3.05, 3.63) is 23.8 Å². The highest BCUT2D eigenvalue weighted by atomic mass is 16.5. The maximum absolute atomic E-state index is 13.6. The number of fused-ring (bicyclic) bond motifs is 1. The van der Waals surface area contributed by atoms with Crippen LogP contribution in [0.25, 0.3) is 0 Å². The van der Waals surface area contributed by atoms with Gasteiger partial charge in [-0.15, -0.1) is 0 Å². The van der Waals surface area contributed by atoms with Crippen LogP contribution in [0.3, 0.4) is 0 Å². The van der Waals surface area contributed by atoms with Gasteiger partial charge >= 0.3 is 0 Å². The summed E-state index contributed by atoms with van der Waals surface area (Å²) in [6.45, 7) is 9.08. The molecule has 5 atom stereocenters. The molecule has 0 aromatic heterocycles. The number of phenols is 1. The predicted molar refractivity (Wildman–Crippen MR) is 103 cm³/mol. The molecule has 0 bridgehead atoms. The van der Waals surface area contributed by atoms with E-state index in [4.69, 9.17) is 10.5 Å². The maximum atomic E-state index is 13.6. The Morgan fingerprint density at radius 2 is 1.92 bits per heavy atom. The van der Waals surface area contributed by atoms with Crippen molar-refractivity contribution in [2.24, 2.45) is 34.3 Å². The van der Waals surface area contributed by atoms with Gasteiger partial charge in [-0.3, -0.25) is 4.79 Å². The summed E-state index contributed by atoms with van der Waals surface area (Å²) in [5.74, 6) is 1.07. The van der Waals surface area contributed by atoms with Gasteiger partial charge in [-0.2, -0.15) is 0 Å². The number of hydrogen-bond acceptors (Lipinski definition) is 4. The third-order valence-corrected chi connectivity index (χ3v) is 7.39. The summed E-state index contributed by atoms with van der Waals surface area (Å²) in [4.78, 5) is 13.6. The van der Waals surface area contributed by atoms with Crippen LogP contribution in [0.1, 0.15) is 63.7 Å². The Morgan fingerprint density at radius 1 is 1.23 bits per heavy atom. The number of hydrogen-bond donors (Lipinski definition) is 2. The van der Waals surface area contributed by atoms with Crippen molar-refractivity contribution >= 4 is 5.78 Å². The van der Waals surface area contributed by atoms with Crippen LogP contribution in [0.2, 0.25) is 0 Å². The first kappa shape index (κ1) is 19.2. The first-order valence-corrected chi connectivity index (χ1v) is 9.78. The van der Waals surface area contributed by atoms with Crippen LogP contribution in [0.15, 0.2) is 18.2 Å². The Bertz CT molecular complexity index is 699. The summed E-state index contributed by atoms with van der Waals surface area (Å²) in [5.41, 5.74) is 7.19. The molecule has 0 spiro atoms. The lowest BCUT2D eigenvalue weighted by Crippen LogP contribution is -2.59. The molecule has 144 valence electrons.